The normalized spacial score (nSPS) is 21.8. The maximum atomic E-state index is 5.69. The highest BCUT2D eigenvalue weighted by atomic mass is 15.3. The molecule has 1 aliphatic rings. The number of aromatic nitrogens is 2. The number of hydrogen-bond acceptors (Lipinski definition) is 6. The third-order valence-corrected chi connectivity index (χ3v) is 3.32. The zero-order chi connectivity index (χ0) is 12.4. The van der Waals surface area contributed by atoms with Crippen LogP contribution < -0.4 is 16.4 Å². The van der Waals surface area contributed by atoms with Crippen LogP contribution in [0.5, 0.6) is 0 Å². The Balaban J connectivity index is 2.17. The first-order valence-electron chi connectivity index (χ1n) is 5.95. The largest absolute Gasteiger partial charge is 0.383 e. The summed E-state index contributed by atoms with van der Waals surface area (Å²) in [6.07, 6.45) is 1.13. The molecule has 1 atom stereocenters. The van der Waals surface area contributed by atoms with E-state index in [1.54, 1.807) is 6.07 Å². The lowest BCUT2D eigenvalue weighted by molar-refractivity contribution is 0.213. The minimum Gasteiger partial charge on any atom is -0.383 e. The SMILES string of the molecule is CCC1CN(c2cc(N)nc(N)n2)CCN1C. The number of likely N-dealkylation sites (N-methyl/N-ethyl adjacent to an activating group) is 1. The standard InChI is InChI=1S/C11H20N6/c1-3-8-7-17(5-4-16(8)2)10-6-9(12)14-11(13)15-10/h6,8H,3-5,7H2,1-2H3,(H4,12,13,14,15). The van der Waals surface area contributed by atoms with E-state index in [4.69, 9.17) is 11.5 Å². The number of rotatable bonds is 2. The van der Waals surface area contributed by atoms with E-state index in [2.05, 4.69) is 33.7 Å². The fourth-order valence-corrected chi connectivity index (χ4v) is 2.23. The van der Waals surface area contributed by atoms with Gasteiger partial charge in [0.1, 0.15) is 11.6 Å². The Bertz CT molecular complexity index is 373. The van der Waals surface area contributed by atoms with Gasteiger partial charge in [-0.05, 0) is 13.5 Å². The number of nitrogens with zero attached hydrogens (tertiary/aromatic N) is 4. The van der Waals surface area contributed by atoms with E-state index in [-0.39, 0.29) is 5.95 Å². The average molecular weight is 236 g/mol. The Labute approximate surface area is 102 Å². The van der Waals surface area contributed by atoms with E-state index in [0.29, 0.717) is 11.9 Å². The molecule has 1 unspecified atom stereocenters. The van der Waals surface area contributed by atoms with E-state index < -0.39 is 0 Å². The van der Waals surface area contributed by atoms with E-state index in [1.165, 1.54) is 0 Å². The summed E-state index contributed by atoms with van der Waals surface area (Å²) in [6, 6.07) is 2.34. The monoisotopic (exact) mass is 236 g/mol. The van der Waals surface area contributed by atoms with Crippen molar-refractivity contribution >= 4 is 17.6 Å². The van der Waals surface area contributed by atoms with Crippen molar-refractivity contribution in [3.8, 4) is 0 Å². The van der Waals surface area contributed by atoms with Crippen LogP contribution in [0.1, 0.15) is 13.3 Å². The van der Waals surface area contributed by atoms with Crippen LogP contribution in [0.2, 0.25) is 0 Å². The fourth-order valence-electron chi connectivity index (χ4n) is 2.23. The molecule has 0 radical (unpaired) electrons. The Morgan fingerprint density at radius 1 is 1.35 bits per heavy atom. The number of nitrogens with two attached hydrogens (primary N) is 2. The van der Waals surface area contributed by atoms with Crippen LogP contribution >= 0.6 is 0 Å². The molecule has 4 N–H and O–H groups in total. The molecule has 2 rings (SSSR count). The molecule has 0 spiro atoms. The summed E-state index contributed by atoms with van der Waals surface area (Å²) < 4.78 is 0. The van der Waals surface area contributed by atoms with Crippen molar-refractivity contribution in [3.05, 3.63) is 6.07 Å². The van der Waals surface area contributed by atoms with Crippen LogP contribution in [0.4, 0.5) is 17.6 Å². The second kappa shape index (κ2) is 4.75. The van der Waals surface area contributed by atoms with Crippen LogP contribution in [0, 0.1) is 0 Å². The summed E-state index contributed by atoms with van der Waals surface area (Å²) in [6.45, 7) is 5.14. The number of nitrogen functional groups attached to an aromatic ring is 2. The van der Waals surface area contributed by atoms with Crippen LogP contribution in [0.25, 0.3) is 0 Å². The van der Waals surface area contributed by atoms with Crippen molar-refractivity contribution in [3.63, 3.8) is 0 Å². The Morgan fingerprint density at radius 2 is 2.12 bits per heavy atom. The number of anilines is 3. The molecule has 6 nitrogen and oxygen atoms in total. The van der Waals surface area contributed by atoms with Gasteiger partial charge < -0.3 is 16.4 Å². The van der Waals surface area contributed by atoms with E-state index in [1.807, 2.05) is 0 Å². The van der Waals surface area contributed by atoms with Crippen molar-refractivity contribution in [2.24, 2.45) is 0 Å². The van der Waals surface area contributed by atoms with Crippen LogP contribution in [0.3, 0.4) is 0 Å². The molecule has 17 heavy (non-hydrogen) atoms. The quantitative estimate of drug-likeness (QED) is 0.761. The lowest BCUT2D eigenvalue weighted by Crippen LogP contribution is -2.51. The van der Waals surface area contributed by atoms with Gasteiger partial charge in [-0.15, -0.1) is 0 Å². The Morgan fingerprint density at radius 3 is 2.76 bits per heavy atom. The fraction of sp³-hybridized carbons (Fsp3) is 0.636. The molecule has 0 saturated carbocycles. The molecule has 1 aromatic rings. The second-order valence-corrected chi connectivity index (χ2v) is 4.50. The first-order chi connectivity index (χ1) is 8.10. The molecule has 1 fully saturated rings. The second-order valence-electron chi connectivity index (χ2n) is 4.50. The van der Waals surface area contributed by atoms with Gasteiger partial charge in [-0.25, -0.2) is 0 Å². The Kier molecular flexibility index (Phi) is 3.33. The van der Waals surface area contributed by atoms with Crippen molar-refractivity contribution in [2.75, 3.05) is 43.0 Å². The Hall–Kier alpha value is -1.56. The van der Waals surface area contributed by atoms with Gasteiger partial charge in [0.15, 0.2) is 0 Å². The first kappa shape index (κ1) is 11.9. The van der Waals surface area contributed by atoms with Crippen molar-refractivity contribution in [1.29, 1.82) is 0 Å². The molecule has 1 aromatic heterocycles. The molecule has 0 amide bonds. The maximum absolute atomic E-state index is 5.69. The zero-order valence-corrected chi connectivity index (χ0v) is 10.4. The predicted octanol–water partition coefficient (Wildman–Crippen LogP) is 0.171. The summed E-state index contributed by atoms with van der Waals surface area (Å²) in [5.74, 6) is 1.51. The van der Waals surface area contributed by atoms with Gasteiger partial charge in [-0.3, -0.25) is 4.90 Å². The molecule has 94 valence electrons. The summed E-state index contributed by atoms with van der Waals surface area (Å²) in [5.41, 5.74) is 11.3. The highest BCUT2D eigenvalue weighted by Gasteiger charge is 2.24. The minimum atomic E-state index is 0.243. The lowest BCUT2D eigenvalue weighted by atomic mass is 10.1. The van der Waals surface area contributed by atoms with Crippen LogP contribution in [-0.4, -0.2) is 47.6 Å². The molecule has 0 bridgehead atoms. The van der Waals surface area contributed by atoms with Gasteiger partial charge in [-0.2, -0.15) is 9.97 Å². The van der Waals surface area contributed by atoms with Gasteiger partial charge in [0.2, 0.25) is 5.95 Å². The summed E-state index contributed by atoms with van der Waals surface area (Å²) >= 11 is 0. The van der Waals surface area contributed by atoms with Crippen molar-refractivity contribution in [2.45, 2.75) is 19.4 Å². The lowest BCUT2D eigenvalue weighted by Gasteiger charge is -2.39. The predicted molar refractivity (Wildman–Crippen MR) is 69.8 cm³/mol. The maximum Gasteiger partial charge on any atom is 0.223 e. The third kappa shape index (κ3) is 2.58. The molecule has 1 aliphatic heterocycles. The number of hydrogen-bond donors (Lipinski definition) is 2. The topological polar surface area (TPSA) is 84.3 Å². The highest BCUT2D eigenvalue weighted by molar-refractivity contribution is 5.50. The zero-order valence-electron chi connectivity index (χ0n) is 10.4. The van der Waals surface area contributed by atoms with Crippen LogP contribution in [-0.2, 0) is 0 Å². The molecule has 1 saturated heterocycles. The van der Waals surface area contributed by atoms with Crippen LogP contribution in [0.15, 0.2) is 6.07 Å². The van der Waals surface area contributed by atoms with Crippen molar-refractivity contribution < 1.29 is 0 Å². The highest BCUT2D eigenvalue weighted by Crippen LogP contribution is 2.19. The smallest absolute Gasteiger partial charge is 0.223 e. The summed E-state index contributed by atoms with van der Waals surface area (Å²) in [4.78, 5) is 12.7. The minimum absolute atomic E-state index is 0.243. The molecular weight excluding hydrogens is 216 g/mol. The molecule has 0 aliphatic carbocycles. The number of piperazine rings is 1. The van der Waals surface area contributed by atoms with E-state index in [0.717, 1.165) is 31.9 Å². The summed E-state index contributed by atoms with van der Waals surface area (Å²) in [7, 11) is 2.16. The molecule has 2 heterocycles. The molecule has 6 heteroatoms. The molecule has 0 aromatic carbocycles. The van der Waals surface area contributed by atoms with Gasteiger partial charge in [0.05, 0.1) is 0 Å². The third-order valence-electron chi connectivity index (χ3n) is 3.32. The first-order valence-corrected chi connectivity index (χ1v) is 5.95. The van der Waals surface area contributed by atoms with E-state index in [9.17, 15) is 0 Å². The summed E-state index contributed by atoms with van der Waals surface area (Å²) in [5, 5.41) is 0. The van der Waals surface area contributed by atoms with Gasteiger partial charge in [-0.1, -0.05) is 6.92 Å². The van der Waals surface area contributed by atoms with Crippen molar-refractivity contribution in [1.82, 2.24) is 14.9 Å². The average Bonchev–Trinajstić information content (AvgIpc) is 2.28. The van der Waals surface area contributed by atoms with Gasteiger partial charge in [0, 0.05) is 31.7 Å². The molecular formula is C11H20N6. The van der Waals surface area contributed by atoms with Gasteiger partial charge >= 0.3 is 0 Å². The van der Waals surface area contributed by atoms with E-state index >= 15 is 0 Å². The van der Waals surface area contributed by atoms with Gasteiger partial charge in [0.25, 0.3) is 0 Å².